The van der Waals surface area contributed by atoms with Crippen LogP contribution >= 0.6 is 11.8 Å². The quantitative estimate of drug-likeness (QED) is 0.508. The third kappa shape index (κ3) is 3.65. The molecule has 0 atom stereocenters. The molecule has 22 heavy (non-hydrogen) atoms. The summed E-state index contributed by atoms with van der Waals surface area (Å²) in [5.41, 5.74) is 1.54. The average molecular weight is 316 g/mol. The van der Waals surface area contributed by atoms with Crippen LogP contribution in [-0.2, 0) is 0 Å². The van der Waals surface area contributed by atoms with Gasteiger partial charge in [0.25, 0.3) is 11.6 Å². The third-order valence-electron chi connectivity index (χ3n) is 3.10. The van der Waals surface area contributed by atoms with E-state index in [0.29, 0.717) is 16.8 Å². The first-order chi connectivity index (χ1) is 10.5. The van der Waals surface area contributed by atoms with Crippen LogP contribution < -0.4 is 5.32 Å². The topological polar surface area (TPSA) is 72.2 Å². The molecule has 0 radical (unpaired) electrons. The smallest absolute Gasteiger partial charge is 0.274 e. The van der Waals surface area contributed by atoms with Crippen LogP contribution in [0.15, 0.2) is 47.4 Å². The van der Waals surface area contributed by atoms with Crippen molar-refractivity contribution in [1.82, 2.24) is 0 Å². The van der Waals surface area contributed by atoms with Gasteiger partial charge in [-0.25, -0.2) is 0 Å². The van der Waals surface area contributed by atoms with Gasteiger partial charge in [0.1, 0.15) is 0 Å². The van der Waals surface area contributed by atoms with Crippen LogP contribution in [0.2, 0.25) is 0 Å². The maximum atomic E-state index is 12.4. The lowest BCUT2D eigenvalue weighted by Gasteiger charge is -2.09. The maximum absolute atomic E-state index is 12.4. The van der Waals surface area contributed by atoms with Gasteiger partial charge in [-0.2, -0.15) is 0 Å². The fraction of sp³-hybridized carbons (Fsp3) is 0.188. The van der Waals surface area contributed by atoms with Gasteiger partial charge >= 0.3 is 0 Å². The second kappa shape index (κ2) is 7.09. The lowest BCUT2D eigenvalue weighted by Crippen LogP contribution is -2.13. The van der Waals surface area contributed by atoms with Gasteiger partial charge in [-0.3, -0.25) is 14.9 Å². The Morgan fingerprint density at radius 2 is 2.00 bits per heavy atom. The number of benzene rings is 2. The summed E-state index contributed by atoms with van der Waals surface area (Å²) in [5.74, 6) is 0.593. The van der Waals surface area contributed by atoms with Crippen molar-refractivity contribution in [3.63, 3.8) is 0 Å². The number of hydrogen-bond acceptors (Lipinski definition) is 4. The number of nitro benzene ring substituents is 1. The summed E-state index contributed by atoms with van der Waals surface area (Å²) < 4.78 is 0. The highest BCUT2D eigenvalue weighted by atomic mass is 32.2. The Labute approximate surface area is 132 Å². The van der Waals surface area contributed by atoms with Crippen LogP contribution in [0.3, 0.4) is 0 Å². The predicted molar refractivity (Wildman–Crippen MR) is 88.6 cm³/mol. The summed E-state index contributed by atoms with van der Waals surface area (Å²) in [5, 5.41) is 13.7. The number of anilines is 1. The second-order valence-electron chi connectivity index (χ2n) is 4.64. The van der Waals surface area contributed by atoms with Crippen LogP contribution in [-0.4, -0.2) is 16.6 Å². The lowest BCUT2D eigenvalue weighted by atomic mass is 10.1. The summed E-state index contributed by atoms with van der Waals surface area (Å²) in [7, 11) is 0. The van der Waals surface area contributed by atoms with Crippen molar-refractivity contribution in [3.8, 4) is 0 Å². The van der Waals surface area contributed by atoms with E-state index >= 15 is 0 Å². The highest BCUT2D eigenvalue weighted by molar-refractivity contribution is 7.99. The van der Waals surface area contributed by atoms with Gasteiger partial charge in [-0.05, 0) is 30.9 Å². The van der Waals surface area contributed by atoms with E-state index in [2.05, 4.69) is 5.32 Å². The molecular formula is C16H16N2O3S. The molecule has 0 aliphatic carbocycles. The molecule has 0 aliphatic heterocycles. The summed E-state index contributed by atoms with van der Waals surface area (Å²) in [6.45, 7) is 3.68. The first kappa shape index (κ1) is 16.0. The Bertz CT molecular complexity index is 716. The lowest BCUT2D eigenvalue weighted by molar-refractivity contribution is -0.385. The third-order valence-corrected chi connectivity index (χ3v) is 4.05. The Morgan fingerprint density at radius 1 is 1.27 bits per heavy atom. The van der Waals surface area contributed by atoms with Crippen molar-refractivity contribution in [2.75, 3.05) is 11.1 Å². The molecule has 0 saturated heterocycles. The highest BCUT2D eigenvalue weighted by Gasteiger charge is 2.15. The van der Waals surface area contributed by atoms with E-state index in [1.165, 1.54) is 6.07 Å². The number of hydrogen-bond donors (Lipinski definition) is 1. The van der Waals surface area contributed by atoms with Gasteiger partial charge in [0, 0.05) is 22.2 Å². The Morgan fingerprint density at radius 3 is 2.68 bits per heavy atom. The normalized spacial score (nSPS) is 10.3. The number of rotatable bonds is 5. The van der Waals surface area contributed by atoms with Crippen molar-refractivity contribution >= 4 is 29.0 Å². The molecule has 0 unspecified atom stereocenters. The van der Waals surface area contributed by atoms with E-state index < -0.39 is 4.92 Å². The van der Waals surface area contributed by atoms with E-state index in [4.69, 9.17) is 0 Å². The number of carbonyl (C=O) groups excluding carboxylic acids is 1. The van der Waals surface area contributed by atoms with Crippen molar-refractivity contribution in [2.45, 2.75) is 18.7 Å². The minimum atomic E-state index is -0.453. The van der Waals surface area contributed by atoms with Gasteiger partial charge in [0.05, 0.1) is 10.5 Å². The van der Waals surface area contributed by atoms with E-state index in [-0.39, 0.29) is 11.6 Å². The van der Waals surface area contributed by atoms with Gasteiger partial charge in [0.15, 0.2) is 0 Å². The molecule has 6 heteroatoms. The largest absolute Gasteiger partial charge is 0.322 e. The molecule has 114 valence electrons. The minimum Gasteiger partial charge on any atom is -0.322 e. The number of nitrogens with zero attached hydrogens (tertiary/aromatic N) is 1. The monoisotopic (exact) mass is 316 g/mol. The highest BCUT2D eigenvalue weighted by Crippen LogP contribution is 2.25. The van der Waals surface area contributed by atoms with E-state index in [1.54, 1.807) is 43.0 Å². The number of carbonyl (C=O) groups is 1. The van der Waals surface area contributed by atoms with E-state index in [9.17, 15) is 14.9 Å². The number of nitro groups is 1. The maximum Gasteiger partial charge on any atom is 0.274 e. The molecule has 5 nitrogen and oxygen atoms in total. The van der Waals surface area contributed by atoms with Crippen molar-refractivity contribution in [3.05, 3.63) is 63.7 Å². The van der Waals surface area contributed by atoms with Gasteiger partial charge in [0.2, 0.25) is 0 Å². The molecule has 2 aromatic rings. The number of aryl methyl sites for hydroxylation is 1. The molecule has 0 spiro atoms. The molecule has 0 aromatic heterocycles. The van der Waals surface area contributed by atoms with Crippen LogP contribution in [0, 0.1) is 17.0 Å². The van der Waals surface area contributed by atoms with Gasteiger partial charge in [-0.1, -0.05) is 25.1 Å². The summed E-state index contributed by atoms with van der Waals surface area (Å²) in [4.78, 5) is 23.8. The van der Waals surface area contributed by atoms with Gasteiger partial charge < -0.3 is 5.32 Å². The van der Waals surface area contributed by atoms with Crippen molar-refractivity contribution < 1.29 is 9.72 Å². The van der Waals surface area contributed by atoms with Crippen LogP contribution in [0.4, 0.5) is 11.4 Å². The Kier molecular flexibility index (Phi) is 5.16. The van der Waals surface area contributed by atoms with Crippen LogP contribution in [0.1, 0.15) is 22.8 Å². The molecule has 0 saturated carbocycles. The molecular weight excluding hydrogens is 300 g/mol. The minimum absolute atomic E-state index is 0.00554. The Balaban J connectivity index is 2.26. The molecule has 0 aliphatic rings. The fourth-order valence-corrected chi connectivity index (χ4v) is 2.82. The van der Waals surface area contributed by atoms with Crippen molar-refractivity contribution in [1.29, 1.82) is 0 Å². The molecule has 2 aromatic carbocycles. The van der Waals surface area contributed by atoms with Crippen LogP contribution in [0.25, 0.3) is 0 Å². The summed E-state index contributed by atoms with van der Waals surface area (Å²) in [6.07, 6.45) is 0. The molecule has 0 fully saturated rings. The average Bonchev–Trinajstić information content (AvgIpc) is 2.49. The summed E-state index contributed by atoms with van der Waals surface area (Å²) >= 11 is 1.58. The zero-order valence-corrected chi connectivity index (χ0v) is 13.1. The molecule has 1 amide bonds. The second-order valence-corrected chi connectivity index (χ2v) is 5.95. The van der Waals surface area contributed by atoms with E-state index in [1.807, 2.05) is 19.1 Å². The van der Waals surface area contributed by atoms with Crippen LogP contribution in [0.5, 0.6) is 0 Å². The van der Waals surface area contributed by atoms with Crippen molar-refractivity contribution in [2.24, 2.45) is 0 Å². The van der Waals surface area contributed by atoms with E-state index in [0.717, 1.165) is 10.6 Å². The molecule has 2 rings (SSSR count). The summed E-state index contributed by atoms with van der Waals surface area (Å²) in [6, 6.07) is 12.0. The fourth-order valence-electron chi connectivity index (χ4n) is 2.02. The molecule has 0 bridgehead atoms. The molecule has 1 N–H and O–H groups in total. The first-order valence-corrected chi connectivity index (χ1v) is 7.79. The Hall–Kier alpha value is -2.34. The number of nitrogens with one attached hydrogen (secondary N) is 1. The zero-order valence-electron chi connectivity index (χ0n) is 12.3. The zero-order chi connectivity index (χ0) is 16.1. The standard InChI is InChI=1S/C16H16N2O3S/c1-3-22-15-7-5-4-6-13(15)16(19)17-12-9-8-11(2)14(10-12)18(20)21/h4-10H,3H2,1-2H3,(H,17,19). The molecule has 0 heterocycles. The SMILES string of the molecule is CCSc1ccccc1C(=O)Nc1ccc(C)c([N+](=O)[O-])c1. The van der Waals surface area contributed by atoms with Gasteiger partial charge in [-0.15, -0.1) is 11.8 Å². The predicted octanol–water partition coefficient (Wildman–Crippen LogP) is 4.27. The first-order valence-electron chi connectivity index (χ1n) is 6.81. The number of amides is 1. The number of thioether (sulfide) groups is 1.